The van der Waals surface area contributed by atoms with Crippen LogP contribution in [0, 0.1) is 5.82 Å². The Bertz CT molecular complexity index is 488. The molecule has 0 heterocycles. The van der Waals surface area contributed by atoms with Crippen LogP contribution in [-0.4, -0.2) is 26.2 Å². The van der Waals surface area contributed by atoms with Crippen LogP contribution < -0.4 is 4.72 Å². The summed E-state index contributed by atoms with van der Waals surface area (Å²) in [7, 11) is -3.73. The van der Waals surface area contributed by atoms with Crippen LogP contribution in [0.25, 0.3) is 0 Å². The summed E-state index contributed by atoms with van der Waals surface area (Å²) in [4.78, 5) is -0.0438. The van der Waals surface area contributed by atoms with E-state index < -0.39 is 21.9 Å². The Morgan fingerprint density at radius 2 is 2.18 bits per heavy atom. The highest BCUT2D eigenvalue weighted by Gasteiger charge is 2.19. The topological polar surface area (TPSA) is 66.4 Å². The molecule has 4 nitrogen and oxygen atoms in total. The van der Waals surface area contributed by atoms with Gasteiger partial charge in [0.2, 0.25) is 10.0 Å². The third-order valence-electron chi connectivity index (χ3n) is 2.24. The smallest absolute Gasteiger partial charge is 0.240 e. The summed E-state index contributed by atoms with van der Waals surface area (Å²) in [5.74, 6) is -0.529. The van der Waals surface area contributed by atoms with Crippen molar-refractivity contribution >= 4 is 26.0 Å². The second-order valence-electron chi connectivity index (χ2n) is 3.48. The molecule has 0 aromatic heterocycles. The van der Waals surface area contributed by atoms with Crippen LogP contribution >= 0.6 is 15.9 Å². The van der Waals surface area contributed by atoms with Crippen molar-refractivity contribution in [3.8, 4) is 0 Å². The van der Waals surface area contributed by atoms with E-state index in [0.717, 1.165) is 6.07 Å². The maximum atomic E-state index is 13.0. The molecule has 96 valence electrons. The summed E-state index contributed by atoms with van der Waals surface area (Å²) in [5.41, 5.74) is 0. The number of benzene rings is 1. The summed E-state index contributed by atoms with van der Waals surface area (Å²) in [6.07, 6.45) is 0.470. The maximum absolute atomic E-state index is 13.0. The largest absolute Gasteiger partial charge is 0.395 e. The first kappa shape index (κ1) is 14.6. The van der Waals surface area contributed by atoms with E-state index in [1.807, 2.05) is 0 Å². The van der Waals surface area contributed by atoms with Gasteiger partial charge < -0.3 is 5.11 Å². The lowest BCUT2D eigenvalue weighted by Gasteiger charge is -2.14. The quantitative estimate of drug-likeness (QED) is 0.864. The molecular formula is C10H13BrFNO3S. The highest BCUT2D eigenvalue weighted by atomic mass is 79.9. The third kappa shape index (κ3) is 3.74. The lowest BCUT2D eigenvalue weighted by Crippen LogP contribution is -2.36. The Labute approximate surface area is 108 Å². The van der Waals surface area contributed by atoms with Gasteiger partial charge in [-0.25, -0.2) is 17.5 Å². The summed E-state index contributed by atoms with van der Waals surface area (Å²) >= 11 is 2.92. The number of halogens is 2. The van der Waals surface area contributed by atoms with Gasteiger partial charge in [0.25, 0.3) is 0 Å². The molecule has 0 aliphatic heterocycles. The normalized spacial score (nSPS) is 13.6. The van der Waals surface area contributed by atoms with Crippen LogP contribution in [0.3, 0.4) is 0 Å². The van der Waals surface area contributed by atoms with Crippen molar-refractivity contribution in [1.29, 1.82) is 0 Å². The highest BCUT2D eigenvalue weighted by molar-refractivity contribution is 9.10. The zero-order valence-electron chi connectivity index (χ0n) is 9.15. The Balaban J connectivity index is 3.01. The van der Waals surface area contributed by atoms with E-state index in [1.165, 1.54) is 12.1 Å². The molecule has 0 fully saturated rings. The Morgan fingerprint density at radius 1 is 1.53 bits per heavy atom. The lowest BCUT2D eigenvalue weighted by molar-refractivity contribution is 0.254. The Kier molecular flexibility index (Phi) is 5.05. The number of hydrogen-bond acceptors (Lipinski definition) is 3. The molecule has 1 aromatic rings. The molecule has 0 radical (unpaired) electrons. The molecule has 1 atom stereocenters. The van der Waals surface area contributed by atoms with E-state index >= 15 is 0 Å². The van der Waals surface area contributed by atoms with Crippen molar-refractivity contribution in [3.63, 3.8) is 0 Å². The van der Waals surface area contributed by atoms with Crippen LogP contribution in [0.2, 0.25) is 0 Å². The van der Waals surface area contributed by atoms with Crippen molar-refractivity contribution in [2.45, 2.75) is 24.3 Å². The van der Waals surface area contributed by atoms with Gasteiger partial charge in [0.05, 0.1) is 16.0 Å². The van der Waals surface area contributed by atoms with Gasteiger partial charge >= 0.3 is 0 Å². The number of aliphatic hydroxyl groups is 1. The van der Waals surface area contributed by atoms with Crippen molar-refractivity contribution < 1.29 is 17.9 Å². The molecular weight excluding hydrogens is 313 g/mol. The minimum absolute atomic E-state index is 0.0438. The lowest BCUT2D eigenvalue weighted by atomic mass is 10.3. The van der Waals surface area contributed by atoms with Gasteiger partial charge in [0.15, 0.2) is 0 Å². The van der Waals surface area contributed by atoms with E-state index in [0.29, 0.717) is 6.42 Å². The molecule has 0 aliphatic carbocycles. The standard InChI is InChI=1S/C10H13BrFNO3S/c1-2-7(6-14)13-17(15,16)8-3-4-10(12)9(11)5-8/h3-5,7,13-14H,2,6H2,1H3. The van der Waals surface area contributed by atoms with Crippen LogP contribution in [0.4, 0.5) is 4.39 Å². The molecule has 1 unspecified atom stereocenters. The molecule has 1 rings (SSSR count). The molecule has 7 heteroatoms. The minimum atomic E-state index is -3.73. The zero-order chi connectivity index (χ0) is 13.1. The second kappa shape index (κ2) is 5.90. The molecule has 0 aliphatic rings. The van der Waals surface area contributed by atoms with Gasteiger partial charge in [0, 0.05) is 6.04 Å². The Hall–Kier alpha value is -0.500. The molecule has 0 amide bonds. The summed E-state index contributed by atoms with van der Waals surface area (Å²) < 4.78 is 39.1. The van der Waals surface area contributed by atoms with E-state index in [4.69, 9.17) is 5.11 Å². The fourth-order valence-corrected chi connectivity index (χ4v) is 3.05. The second-order valence-corrected chi connectivity index (χ2v) is 6.05. The minimum Gasteiger partial charge on any atom is -0.395 e. The summed E-state index contributed by atoms with van der Waals surface area (Å²) in [5, 5.41) is 8.94. The predicted octanol–water partition coefficient (Wildman–Crippen LogP) is 1.64. The van der Waals surface area contributed by atoms with Crippen molar-refractivity contribution in [2.24, 2.45) is 0 Å². The first-order valence-electron chi connectivity index (χ1n) is 4.99. The van der Waals surface area contributed by atoms with E-state index in [2.05, 4.69) is 20.7 Å². The first-order valence-corrected chi connectivity index (χ1v) is 7.26. The molecule has 0 bridgehead atoms. The summed E-state index contributed by atoms with van der Waals surface area (Å²) in [6, 6.07) is 2.89. The number of nitrogens with one attached hydrogen (secondary N) is 1. The van der Waals surface area contributed by atoms with Crippen LogP contribution in [-0.2, 0) is 10.0 Å². The monoisotopic (exact) mass is 325 g/mol. The molecule has 0 saturated carbocycles. The predicted molar refractivity (Wildman–Crippen MR) is 65.6 cm³/mol. The van der Waals surface area contributed by atoms with E-state index in [9.17, 15) is 12.8 Å². The van der Waals surface area contributed by atoms with Crippen molar-refractivity contribution in [1.82, 2.24) is 4.72 Å². The number of sulfonamides is 1. The molecule has 17 heavy (non-hydrogen) atoms. The SMILES string of the molecule is CCC(CO)NS(=O)(=O)c1ccc(F)c(Br)c1. The third-order valence-corrected chi connectivity index (χ3v) is 4.36. The van der Waals surface area contributed by atoms with E-state index in [1.54, 1.807) is 6.92 Å². The first-order chi connectivity index (χ1) is 7.90. The van der Waals surface area contributed by atoms with Gasteiger partial charge in [0.1, 0.15) is 5.82 Å². The van der Waals surface area contributed by atoms with Gasteiger partial charge in [-0.2, -0.15) is 0 Å². The molecule has 2 N–H and O–H groups in total. The Morgan fingerprint density at radius 3 is 2.65 bits per heavy atom. The zero-order valence-corrected chi connectivity index (χ0v) is 11.6. The van der Waals surface area contributed by atoms with Gasteiger partial charge in [-0.1, -0.05) is 6.92 Å². The molecule has 0 saturated heterocycles. The van der Waals surface area contributed by atoms with E-state index in [-0.39, 0.29) is 16.0 Å². The fourth-order valence-electron chi connectivity index (χ4n) is 1.18. The fraction of sp³-hybridized carbons (Fsp3) is 0.400. The van der Waals surface area contributed by atoms with Gasteiger partial charge in [-0.3, -0.25) is 0 Å². The number of aliphatic hydroxyl groups excluding tert-OH is 1. The summed E-state index contributed by atoms with van der Waals surface area (Å²) in [6.45, 7) is 1.47. The molecule has 1 aromatic carbocycles. The average molecular weight is 326 g/mol. The van der Waals surface area contributed by atoms with Crippen molar-refractivity contribution in [2.75, 3.05) is 6.61 Å². The van der Waals surface area contributed by atoms with Crippen LogP contribution in [0.5, 0.6) is 0 Å². The highest BCUT2D eigenvalue weighted by Crippen LogP contribution is 2.20. The van der Waals surface area contributed by atoms with Crippen LogP contribution in [0.15, 0.2) is 27.6 Å². The van der Waals surface area contributed by atoms with Gasteiger partial charge in [-0.05, 0) is 40.5 Å². The number of hydrogen-bond donors (Lipinski definition) is 2. The van der Waals surface area contributed by atoms with Crippen LogP contribution in [0.1, 0.15) is 13.3 Å². The number of rotatable bonds is 5. The molecule has 0 spiro atoms. The average Bonchev–Trinajstić information content (AvgIpc) is 2.29. The van der Waals surface area contributed by atoms with Gasteiger partial charge in [-0.15, -0.1) is 0 Å². The van der Waals surface area contributed by atoms with Crippen molar-refractivity contribution in [3.05, 3.63) is 28.5 Å². The maximum Gasteiger partial charge on any atom is 0.240 e.